The summed E-state index contributed by atoms with van der Waals surface area (Å²) < 4.78 is 4.42. The molecule has 0 rings (SSSR count). The highest BCUT2D eigenvalue weighted by Crippen LogP contribution is 1.95. The average molecular weight is 227 g/mol. The minimum atomic E-state index is -0.914. The Bertz CT molecular complexity index is 321. The molecule has 0 aromatic carbocycles. The zero-order valence-corrected chi connectivity index (χ0v) is 8.86. The van der Waals surface area contributed by atoms with Crippen LogP contribution >= 0.6 is 0 Å². The molecule has 0 saturated carbocycles. The Morgan fingerprint density at radius 2 is 2.12 bits per heavy atom. The van der Waals surface area contributed by atoms with Crippen molar-refractivity contribution >= 4 is 17.8 Å². The Morgan fingerprint density at radius 1 is 1.50 bits per heavy atom. The lowest BCUT2D eigenvalue weighted by molar-refractivity contribution is -0.146. The predicted octanol–water partition coefficient (Wildman–Crippen LogP) is -1.18. The van der Waals surface area contributed by atoms with Gasteiger partial charge in [-0.3, -0.25) is 14.4 Å². The highest BCUT2D eigenvalue weighted by atomic mass is 16.5. The average Bonchev–Trinajstić information content (AvgIpc) is 2.20. The molecule has 0 spiro atoms. The maximum atomic E-state index is 11.1. The first-order chi connectivity index (χ1) is 7.47. The van der Waals surface area contributed by atoms with Gasteiger partial charge in [-0.2, -0.15) is 5.26 Å². The highest BCUT2D eigenvalue weighted by molar-refractivity contribution is 5.87. The van der Waals surface area contributed by atoms with Gasteiger partial charge in [0, 0.05) is 13.3 Å². The normalized spacial score (nSPS) is 11.0. The van der Waals surface area contributed by atoms with E-state index in [1.54, 1.807) is 0 Å². The van der Waals surface area contributed by atoms with Crippen molar-refractivity contribution in [3.63, 3.8) is 0 Å². The molecule has 7 heteroatoms. The molecule has 3 N–H and O–H groups in total. The van der Waals surface area contributed by atoms with Crippen molar-refractivity contribution in [2.45, 2.75) is 25.8 Å². The van der Waals surface area contributed by atoms with Crippen molar-refractivity contribution < 1.29 is 19.1 Å². The number of rotatable bonds is 6. The van der Waals surface area contributed by atoms with Gasteiger partial charge in [-0.1, -0.05) is 0 Å². The smallest absolute Gasteiger partial charge is 0.303 e. The Kier molecular flexibility index (Phi) is 6.28. The van der Waals surface area contributed by atoms with E-state index in [2.05, 4.69) is 10.1 Å². The monoisotopic (exact) mass is 227 g/mol. The lowest BCUT2D eigenvalue weighted by atomic mass is 10.1. The first kappa shape index (κ1) is 13.9. The largest absolute Gasteiger partial charge is 0.456 e. The number of nitrogens with zero attached hydrogens (tertiary/aromatic N) is 1. The number of esters is 1. The first-order valence-corrected chi connectivity index (χ1v) is 4.56. The maximum Gasteiger partial charge on any atom is 0.303 e. The molecule has 0 unspecified atom stereocenters. The second-order valence-electron chi connectivity index (χ2n) is 3.00. The topological polar surface area (TPSA) is 122 Å². The standard InChI is InChI=1S/C9H13N3O4/c1-6(13)16-5-8(14)12-7(9(11)15)3-2-4-10/h7H,2-3,5H2,1H3,(H2,11,15)(H,12,14)/t7-/m1/s1. The third-order valence-electron chi connectivity index (χ3n) is 1.63. The van der Waals surface area contributed by atoms with Crippen LogP contribution in [-0.4, -0.2) is 30.4 Å². The minimum Gasteiger partial charge on any atom is -0.456 e. The summed E-state index contributed by atoms with van der Waals surface area (Å²) in [5.74, 6) is -1.95. The summed E-state index contributed by atoms with van der Waals surface area (Å²) in [6.45, 7) is 0.695. The molecule has 0 aromatic rings. The van der Waals surface area contributed by atoms with E-state index in [4.69, 9.17) is 11.0 Å². The third-order valence-corrected chi connectivity index (χ3v) is 1.63. The first-order valence-electron chi connectivity index (χ1n) is 4.56. The van der Waals surface area contributed by atoms with Crippen LogP contribution in [0.5, 0.6) is 0 Å². The van der Waals surface area contributed by atoms with Crippen LogP contribution in [0.4, 0.5) is 0 Å². The fourth-order valence-electron chi connectivity index (χ4n) is 0.898. The molecular weight excluding hydrogens is 214 g/mol. The van der Waals surface area contributed by atoms with Gasteiger partial charge in [-0.25, -0.2) is 0 Å². The fourth-order valence-corrected chi connectivity index (χ4v) is 0.898. The summed E-state index contributed by atoms with van der Waals surface area (Å²) in [6.07, 6.45) is 0.235. The number of nitriles is 1. The number of primary amides is 1. The molecular formula is C9H13N3O4. The summed E-state index contributed by atoms with van der Waals surface area (Å²) in [5, 5.41) is 10.6. The molecule has 0 bridgehead atoms. The molecule has 0 heterocycles. The second kappa shape index (κ2) is 7.23. The predicted molar refractivity (Wildman–Crippen MR) is 52.6 cm³/mol. The van der Waals surface area contributed by atoms with E-state index in [0.717, 1.165) is 6.92 Å². The van der Waals surface area contributed by atoms with Gasteiger partial charge >= 0.3 is 5.97 Å². The number of hydrogen-bond donors (Lipinski definition) is 2. The Morgan fingerprint density at radius 3 is 2.56 bits per heavy atom. The summed E-state index contributed by atoms with van der Waals surface area (Å²) in [7, 11) is 0. The van der Waals surface area contributed by atoms with E-state index in [-0.39, 0.29) is 12.8 Å². The van der Waals surface area contributed by atoms with Crippen LogP contribution in [-0.2, 0) is 19.1 Å². The van der Waals surface area contributed by atoms with E-state index in [9.17, 15) is 14.4 Å². The van der Waals surface area contributed by atoms with Crippen molar-refractivity contribution in [3.05, 3.63) is 0 Å². The van der Waals surface area contributed by atoms with Crippen molar-refractivity contribution in [2.24, 2.45) is 5.73 Å². The SMILES string of the molecule is CC(=O)OCC(=O)N[C@H](CCC#N)C(N)=O. The van der Waals surface area contributed by atoms with Gasteiger partial charge in [-0.15, -0.1) is 0 Å². The van der Waals surface area contributed by atoms with Crippen LogP contribution in [0.2, 0.25) is 0 Å². The molecule has 0 saturated heterocycles. The number of ether oxygens (including phenoxy) is 1. The van der Waals surface area contributed by atoms with E-state index in [1.165, 1.54) is 0 Å². The lowest BCUT2D eigenvalue weighted by Gasteiger charge is -2.13. The number of carbonyl (C=O) groups excluding carboxylic acids is 3. The van der Waals surface area contributed by atoms with Gasteiger partial charge in [0.1, 0.15) is 6.04 Å². The Labute approximate surface area is 92.5 Å². The minimum absolute atomic E-state index is 0.0987. The number of carbonyl (C=O) groups is 3. The molecule has 2 amide bonds. The van der Waals surface area contributed by atoms with Gasteiger partial charge in [-0.05, 0) is 6.42 Å². The Hall–Kier alpha value is -2.10. The van der Waals surface area contributed by atoms with E-state index in [1.807, 2.05) is 6.07 Å². The van der Waals surface area contributed by atoms with Crippen LogP contribution < -0.4 is 11.1 Å². The number of amides is 2. The molecule has 0 aliphatic heterocycles. The summed E-state index contributed by atoms with van der Waals surface area (Å²) in [5.41, 5.74) is 5.01. The number of nitrogens with one attached hydrogen (secondary N) is 1. The zero-order chi connectivity index (χ0) is 12.6. The van der Waals surface area contributed by atoms with Crippen molar-refractivity contribution in [2.75, 3.05) is 6.61 Å². The van der Waals surface area contributed by atoms with E-state index >= 15 is 0 Å². The molecule has 0 fully saturated rings. The maximum absolute atomic E-state index is 11.1. The molecule has 1 atom stereocenters. The van der Waals surface area contributed by atoms with Gasteiger partial charge < -0.3 is 15.8 Å². The molecule has 88 valence electrons. The molecule has 0 aliphatic rings. The number of nitrogens with two attached hydrogens (primary N) is 1. The van der Waals surface area contributed by atoms with Crippen molar-refractivity contribution in [1.82, 2.24) is 5.32 Å². The van der Waals surface area contributed by atoms with Crippen molar-refractivity contribution in [1.29, 1.82) is 5.26 Å². The third kappa shape index (κ3) is 6.37. The number of hydrogen-bond acceptors (Lipinski definition) is 5. The summed E-state index contributed by atoms with van der Waals surface area (Å²) in [6, 6.07) is 0.918. The lowest BCUT2D eigenvalue weighted by Crippen LogP contribution is -2.45. The Balaban J connectivity index is 4.08. The van der Waals surface area contributed by atoms with Gasteiger partial charge in [0.25, 0.3) is 5.91 Å². The van der Waals surface area contributed by atoms with E-state index < -0.39 is 30.4 Å². The summed E-state index contributed by atoms with van der Waals surface area (Å²) in [4.78, 5) is 32.4. The molecule has 0 radical (unpaired) electrons. The van der Waals surface area contributed by atoms with Gasteiger partial charge in [0.2, 0.25) is 5.91 Å². The highest BCUT2D eigenvalue weighted by Gasteiger charge is 2.17. The zero-order valence-electron chi connectivity index (χ0n) is 8.86. The molecule has 16 heavy (non-hydrogen) atoms. The van der Waals surface area contributed by atoms with E-state index in [0.29, 0.717) is 0 Å². The molecule has 7 nitrogen and oxygen atoms in total. The van der Waals surface area contributed by atoms with Gasteiger partial charge in [0.05, 0.1) is 6.07 Å². The van der Waals surface area contributed by atoms with Crippen LogP contribution in [0.25, 0.3) is 0 Å². The molecule has 0 aliphatic carbocycles. The van der Waals surface area contributed by atoms with Crippen LogP contribution in [0.1, 0.15) is 19.8 Å². The second-order valence-corrected chi connectivity index (χ2v) is 3.00. The summed E-state index contributed by atoms with van der Waals surface area (Å²) >= 11 is 0. The van der Waals surface area contributed by atoms with Gasteiger partial charge in [0.15, 0.2) is 6.61 Å². The van der Waals surface area contributed by atoms with Crippen LogP contribution in [0, 0.1) is 11.3 Å². The van der Waals surface area contributed by atoms with Crippen LogP contribution in [0.3, 0.4) is 0 Å². The quantitative estimate of drug-likeness (QED) is 0.553. The van der Waals surface area contributed by atoms with Crippen molar-refractivity contribution in [3.8, 4) is 6.07 Å². The van der Waals surface area contributed by atoms with Crippen LogP contribution in [0.15, 0.2) is 0 Å². The fraction of sp³-hybridized carbons (Fsp3) is 0.556. The molecule has 0 aromatic heterocycles.